The quantitative estimate of drug-likeness (QED) is 0.593. The van der Waals surface area contributed by atoms with Gasteiger partial charge in [-0.15, -0.1) is 0 Å². The van der Waals surface area contributed by atoms with Crippen LogP contribution in [-0.4, -0.2) is 18.6 Å². The van der Waals surface area contributed by atoms with Crippen LogP contribution in [0.15, 0.2) is 12.3 Å². The summed E-state index contributed by atoms with van der Waals surface area (Å²) in [5.74, 6) is 0. The van der Waals surface area contributed by atoms with Gasteiger partial charge in [-0.05, 0) is 11.6 Å². The zero-order valence-corrected chi connectivity index (χ0v) is 8.89. The van der Waals surface area contributed by atoms with E-state index >= 15 is 0 Å². The molecule has 0 saturated carbocycles. The van der Waals surface area contributed by atoms with E-state index < -0.39 is 0 Å². The van der Waals surface area contributed by atoms with Crippen LogP contribution in [0.2, 0.25) is 5.15 Å². The Kier molecular flexibility index (Phi) is 1.77. The minimum absolute atomic E-state index is 0.191. The van der Waals surface area contributed by atoms with Gasteiger partial charge < -0.3 is 4.90 Å². The van der Waals surface area contributed by atoms with E-state index in [9.17, 15) is 0 Å². The number of rotatable bonds is 0. The molecule has 3 heteroatoms. The number of likely N-dealkylation sites (N-methyl/N-ethyl adjacent to an activating group) is 1. The zero-order chi connectivity index (χ0) is 9.64. The molecule has 0 fully saturated rings. The molecule has 1 aromatic rings. The second-order valence-corrected chi connectivity index (χ2v) is 4.65. The number of hydrogen-bond donors (Lipinski definition) is 0. The van der Waals surface area contributed by atoms with Gasteiger partial charge in [0.1, 0.15) is 5.15 Å². The highest BCUT2D eigenvalue weighted by Crippen LogP contribution is 2.39. The first-order valence-corrected chi connectivity index (χ1v) is 4.76. The van der Waals surface area contributed by atoms with E-state index in [2.05, 4.69) is 30.8 Å². The van der Waals surface area contributed by atoms with E-state index in [-0.39, 0.29) is 5.41 Å². The molecular formula is C10H13ClN2. The molecule has 2 heterocycles. The summed E-state index contributed by atoms with van der Waals surface area (Å²) in [6.07, 6.45) is 1.85. The lowest BCUT2D eigenvalue weighted by Crippen LogP contribution is -2.24. The number of halogens is 1. The normalized spacial score (nSPS) is 18.9. The van der Waals surface area contributed by atoms with E-state index in [0.717, 1.165) is 6.54 Å². The molecule has 1 aliphatic rings. The van der Waals surface area contributed by atoms with Crippen molar-refractivity contribution in [3.8, 4) is 0 Å². The summed E-state index contributed by atoms with van der Waals surface area (Å²) in [4.78, 5) is 6.31. The highest BCUT2D eigenvalue weighted by Gasteiger charge is 2.33. The number of hydrogen-bond acceptors (Lipinski definition) is 2. The van der Waals surface area contributed by atoms with Crippen molar-refractivity contribution in [2.75, 3.05) is 18.5 Å². The third-order valence-electron chi connectivity index (χ3n) is 2.62. The average molecular weight is 197 g/mol. The third-order valence-corrected chi connectivity index (χ3v) is 2.83. The Balaban J connectivity index is 2.60. The van der Waals surface area contributed by atoms with Crippen LogP contribution in [0.25, 0.3) is 0 Å². The molecular weight excluding hydrogens is 184 g/mol. The SMILES string of the molecule is CN1CC(C)(C)c2cc(Cl)ncc21. The van der Waals surface area contributed by atoms with Crippen molar-refractivity contribution in [1.82, 2.24) is 4.98 Å². The molecule has 13 heavy (non-hydrogen) atoms. The summed E-state index contributed by atoms with van der Waals surface area (Å²) in [6, 6.07) is 1.97. The molecule has 1 aliphatic heterocycles. The number of aromatic nitrogens is 1. The summed E-state index contributed by atoms with van der Waals surface area (Å²) in [5.41, 5.74) is 2.70. The average Bonchev–Trinajstić information content (AvgIpc) is 2.23. The molecule has 0 N–H and O–H groups in total. The van der Waals surface area contributed by atoms with Gasteiger partial charge in [0, 0.05) is 19.0 Å². The van der Waals surface area contributed by atoms with E-state index in [1.54, 1.807) is 0 Å². The molecule has 1 aromatic heterocycles. The predicted molar refractivity (Wildman–Crippen MR) is 55.5 cm³/mol. The standard InChI is InChI=1S/C10H13ClN2/c1-10(2)6-13(3)8-5-12-9(11)4-7(8)10/h4-5H,6H2,1-3H3. The second kappa shape index (κ2) is 2.61. The van der Waals surface area contributed by atoms with E-state index in [1.165, 1.54) is 11.3 Å². The molecule has 0 aliphatic carbocycles. The lowest BCUT2D eigenvalue weighted by molar-refractivity contribution is 0.563. The monoisotopic (exact) mass is 196 g/mol. The van der Waals surface area contributed by atoms with Crippen LogP contribution < -0.4 is 4.90 Å². The van der Waals surface area contributed by atoms with Gasteiger partial charge in [0.15, 0.2) is 0 Å². The van der Waals surface area contributed by atoms with Crippen molar-refractivity contribution in [2.24, 2.45) is 0 Å². The fourth-order valence-electron chi connectivity index (χ4n) is 2.03. The smallest absolute Gasteiger partial charge is 0.129 e. The van der Waals surface area contributed by atoms with E-state index in [4.69, 9.17) is 11.6 Å². The molecule has 70 valence electrons. The summed E-state index contributed by atoms with van der Waals surface area (Å²) < 4.78 is 0. The van der Waals surface area contributed by atoms with Crippen molar-refractivity contribution in [3.05, 3.63) is 23.0 Å². The molecule has 0 radical (unpaired) electrons. The van der Waals surface area contributed by atoms with Gasteiger partial charge in [0.25, 0.3) is 0 Å². The van der Waals surface area contributed by atoms with Crippen LogP contribution in [0.4, 0.5) is 5.69 Å². The summed E-state index contributed by atoms with van der Waals surface area (Å²) >= 11 is 5.87. The minimum Gasteiger partial charge on any atom is -0.372 e. The molecule has 0 amide bonds. The largest absolute Gasteiger partial charge is 0.372 e. The van der Waals surface area contributed by atoms with Crippen LogP contribution in [0.3, 0.4) is 0 Å². The van der Waals surface area contributed by atoms with Gasteiger partial charge in [-0.1, -0.05) is 25.4 Å². The lowest BCUT2D eigenvalue weighted by Gasteiger charge is -2.18. The molecule has 0 unspecified atom stereocenters. The highest BCUT2D eigenvalue weighted by molar-refractivity contribution is 6.29. The minimum atomic E-state index is 0.191. The fraction of sp³-hybridized carbons (Fsp3) is 0.500. The number of fused-ring (bicyclic) bond motifs is 1. The Morgan fingerprint density at radius 1 is 1.54 bits per heavy atom. The highest BCUT2D eigenvalue weighted by atomic mass is 35.5. The predicted octanol–water partition coefficient (Wildman–Crippen LogP) is 2.46. The van der Waals surface area contributed by atoms with Gasteiger partial charge in [-0.3, -0.25) is 0 Å². The molecule has 2 rings (SSSR count). The van der Waals surface area contributed by atoms with Crippen LogP contribution >= 0.6 is 11.6 Å². The third kappa shape index (κ3) is 1.29. The molecule has 0 atom stereocenters. The van der Waals surface area contributed by atoms with Crippen LogP contribution in [0.1, 0.15) is 19.4 Å². The second-order valence-electron chi connectivity index (χ2n) is 4.26. The van der Waals surface area contributed by atoms with Gasteiger partial charge in [-0.25, -0.2) is 4.98 Å². The number of pyridine rings is 1. The first-order chi connectivity index (χ1) is 6.00. The molecule has 0 spiro atoms. The van der Waals surface area contributed by atoms with Gasteiger partial charge in [0.05, 0.1) is 11.9 Å². The summed E-state index contributed by atoms with van der Waals surface area (Å²) in [7, 11) is 2.09. The van der Waals surface area contributed by atoms with Crippen LogP contribution in [0, 0.1) is 0 Å². The Hall–Kier alpha value is -0.760. The van der Waals surface area contributed by atoms with E-state index in [1.807, 2.05) is 12.3 Å². The van der Waals surface area contributed by atoms with Crippen molar-refractivity contribution in [1.29, 1.82) is 0 Å². The van der Waals surface area contributed by atoms with Crippen LogP contribution in [0.5, 0.6) is 0 Å². The van der Waals surface area contributed by atoms with Crippen molar-refractivity contribution >= 4 is 17.3 Å². The maximum Gasteiger partial charge on any atom is 0.129 e. The zero-order valence-electron chi connectivity index (χ0n) is 8.13. The summed E-state index contributed by atoms with van der Waals surface area (Å²) in [6.45, 7) is 5.49. The molecule has 2 nitrogen and oxygen atoms in total. The first-order valence-electron chi connectivity index (χ1n) is 4.38. The number of nitrogens with zero attached hydrogens (tertiary/aromatic N) is 2. The summed E-state index contributed by atoms with van der Waals surface area (Å²) in [5, 5.41) is 0.585. The Morgan fingerprint density at radius 2 is 2.23 bits per heavy atom. The van der Waals surface area contributed by atoms with Crippen molar-refractivity contribution in [2.45, 2.75) is 19.3 Å². The Labute approximate surface area is 83.5 Å². The Bertz CT molecular complexity index is 347. The topological polar surface area (TPSA) is 16.1 Å². The van der Waals surface area contributed by atoms with Crippen LogP contribution in [-0.2, 0) is 5.41 Å². The Morgan fingerprint density at radius 3 is 2.92 bits per heavy atom. The molecule has 0 aromatic carbocycles. The molecule has 0 saturated heterocycles. The molecule has 0 bridgehead atoms. The lowest BCUT2D eigenvalue weighted by atomic mass is 9.88. The van der Waals surface area contributed by atoms with E-state index in [0.29, 0.717) is 5.15 Å². The number of anilines is 1. The first kappa shape index (κ1) is 8.82. The van der Waals surface area contributed by atoms with Gasteiger partial charge in [0.2, 0.25) is 0 Å². The van der Waals surface area contributed by atoms with Crippen molar-refractivity contribution in [3.63, 3.8) is 0 Å². The maximum atomic E-state index is 5.87. The van der Waals surface area contributed by atoms with Gasteiger partial charge >= 0.3 is 0 Å². The van der Waals surface area contributed by atoms with Gasteiger partial charge in [-0.2, -0.15) is 0 Å². The maximum absolute atomic E-state index is 5.87. The van der Waals surface area contributed by atoms with Crippen molar-refractivity contribution < 1.29 is 0 Å². The fourth-order valence-corrected chi connectivity index (χ4v) is 2.19.